The molecule has 78 valence electrons. The molecule has 0 saturated heterocycles. The normalized spacial score (nSPS) is 9.86. The number of hydrogen-bond acceptors (Lipinski definition) is 4. The van der Waals surface area contributed by atoms with Gasteiger partial charge in [0.25, 0.3) is 0 Å². The third-order valence-corrected chi connectivity index (χ3v) is 2.59. The van der Waals surface area contributed by atoms with Crippen LogP contribution in [-0.4, -0.2) is 24.5 Å². The van der Waals surface area contributed by atoms with Crippen molar-refractivity contribution in [2.75, 3.05) is 18.9 Å². The second-order valence-corrected chi connectivity index (χ2v) is 3.78. The number of rotatable bonds is 5. The first-order chi connectivity index (χ1) is 6.76. The smallest absolute Gasteiger partial charge is 0.226 e. The minimum absolute atomic E-state index is 0.0415. The number of amides is 1. The Balaban J connectivity index is 2.39. The molecule has 0 saturated carbocycles. The molecule has 1 rings (SSSR count). The van der Waals surface area contributed by atoms with Gasteiger partial charge in [-0.15, -0.1) is 11.3 Å². The highest BCUT2D eigenvalue weighted by Crippen LogP contribution is 2.14. The van der Waals surface area contributed by atoms with E-state index in [1.807, 2.05) is 19.4 Å². The molecular weight excluding hydrogens is 198 g/mol. The Morgan fingerprint density at radius 3 is 3.00 bits per heavy atom. The van der Waals surface area contributed by atoms with E-state index >= 15 is 0 Å². The van der Waals surface area contributed by atoms with Crippen LogP contribution < -0.4 is 10.6 Å². The van der Waals surface area contributed by atoms with Crippen molar-refractivity contribution in [3.63, 3.8) is 0 Å². The van der Waals surface area contributed by atoms with E-state index in [1.54, 1.807) is 0 Å². The Hall–Kier alpha value is -1.10. The molecule has 4 nitrogen and oxygen atoms in total. The standard InChI is InChI=1S/C9H15N3OS/c1-3-4-11-8(13)5-7-6-14-9(10-2)12-7/h6H,3-5H2,1-2H3,(H,10,12)(H,11,13). The zero-order valence-electron chi connectivity index (χ0n) is 8.46. The lowest BCUT2D eigenvalue weighted by Gasteiger charge is -2.00. The van der Waals surface area contributed by atoms with Crippen LogP contribution in [0.1, 0.15) is 19.0 Å². The van der Waals surface area contributed by atoms with Gasteiger partial charge in [-0.25, -0.2) is 4.98 Å². The molecule has 0 aromatic carbocycles. The summed E-state index contributed by atoms with van der Waals surface area (Å²) in [5.41, 5.74) is 0.827. The summed E-state index contributed by atoms with van der Waals surface area (Å²) < 4.78 is 0. The number of hydrogen-bond donors (Lipinski definition) is 2. The van der Waals surface area contributed by atoms with Gasteiger partial charge < -0.3 is 10.6 Å². The van der Waals surface area contributed by atoms with Crippen molar-refractivity contribution in [3.05, 3.63) is 11.1 Å². The van der Waals surface area contributed by atoms with E-state index in [9.17, 15) is 4.79 Å². The van der Waals surface area contributed by atoms with E-state index in [4.69, 9.17) is 0 Å². The van der Waals surface area contributed by atoms with Gasteiger partial charge in [-0.05, 0) is 6.42 Å². The Labute approximate surface area is 87.7 Å². The molecule has 2 N–H and O–H groups in total. The maximum atomic E-state index is 11.3. The monoisotopic (exact) mass is 213 g/mol. The molecule has 1 aromatic heterocycles. The first-order valence-electron chi connectivity index (χ1n) is 4.65. The summed E-state index contributed by atoms with van der Waals surface area (Å²) in [6.45, 7) is 2.77. The largest absolute Gasteiger partial charge is 0.365 e. The third-order valence-electron chi connectivity index (χ3n) is 1.68. The van der Waals surface area contributed by atoms with E-state index < -0.39 is 0 Å². The molecule has 1 heterocycles. The van der Waals surface area contributed by atoms with Crippen molar-refractivity contribution >= 4 is 22.4 Å². The van der Waals surface area contributed by atoms with Crippen molar-refractivity contribution in [2.45, 2.75) is 19.8 Å². The van der Waals surface area contributed by atoms with Crippen LogP contribution in [0, 0.1) is 0 Å². The number of anilines is 1. The van der Waals surface area contributed by atoms with Gasteiger partial charge in [0.15, 0.2) is 5.13 Å². The molecule has 0 fully saturated rings. The maximum Gasteiger partial charge on any atom is 0.226 e. The molecule has 5 heteroatoms. The lowest BCUT2D eigenvalue weighted by Crippen LogP contribution is -2.25. The zero-order valence-corrected chi connectivity index (χ0v) is 9.28. The predicted molar refractivity (Wildman–Crippen MR) is 58.7 cm³/mol. The fourth-order valence-electron chi connectivity index (χ4n) is 0.994. The van der Waals surface area contributed by atoms with E-state index in [0.29, 0.717) is 6.42 Å². The van der Waals surface area contributed by atoms with Crippen LogP contribution >= 0.6 is 11.3 Å². The lowest BCUT2D eigenvalue weighted by atomic mass is 10.3. The molecule has 0 aliphatic heterocycles. The molecule has 0 radical (unpaired) electrons. The van der Waals surface area contributed by atoms with E-state index in [2.05, 4.69) is 15.6 Å². The van der Waals surface area contributed by atoms with Crippen LogP contribution in [0.4, 0.5) is 5.13 Å². The summed E-state index contributed by atoms with van der Waals surface area (Å²) in [7, 11) is 1.82. The maximum absolute atomic E-state index is 11.3. The van der Waals surface area contributed by atoms with Crippen molar-refractivity contribution in [1.82, 2.24) is 10.3 Å². The highest BCUT2D eigenvalue weighted by atomic mass is 32.1. The molecule has 0 bridgehead atoms. The Kier molecular flexibility index (Phi) is 4.39. The van der Waals surface area contributed by atoms with Gasteiger partial charge in [0.1, 0.15) is 0 Å². The van der Waals surface area contributed by atoms with E-state index in [-0.39, 0.29) is 5.91 Å². The SMILES string of the molecule is CCCNC(=O)Cc1csc(NC)n1. The Bertz CT molecular complexity index is 298. The zero-order chi connectivity index (χ0) is 10.4. The van der Waals surface area contributed by atoms with Gasteiger partial charge >= 0.3 is 0 Å². The van der Waals surface area contributed by atoms with Crippen LogP contribution in [0.3, 0.4) is 0 Å². The van der Waals surface area contributed by atoms with Gasteiger partial charge in [-0.3, -0.25) is 4.79 Å². The third kappa shape index (κ3) is 3.33. The first-order valence-corrected chi connectivity index (χ1v) is 5.53. The molecule has 1 amide bonds. The highest BCUT2D eigenvalue weighted by molar-refractivity contribution is 7.13. The molecular formula is C9H15N3OS. The second kappa shape index (κ2) is 5.59. The molecule has 0 aliphatic rings. The van der Waals surface area contributed by atoms with Gasteiger partial charge in [-0.2, -0.15) is 0 Å². The van der Waals surface area contributed by atoms with Gasteiger partial charge in [0.2, 0.25) is 5.91 Å². The molecule has 14 heavy (non-hydrogen) atoms. The average Bonchev–Trinajstić information content (AvgIpc) is 2.62. The topological polar surface area (TPSA) is 54.0 Å². The predicted octanol–water partition coefficient (Wildman–Crippen LogP) is 1.25. The lowest BCUT2D eigenvalue weighted by molar-refractivity contribution is -0.120. The molecule has 0 spiro atoms. The summed E-state index contributed by atoms with van der Waals surface area (Å²) in [5, 5.41) is 8.50. The summed E-state index contributed by atoms with van der Waals surface area (Å²) >= 11 is 1.51. The van der Waals surface area contributed by atoms with Gasteiger partial charge in [0.05, 0.1) is 12.1 Å². The summed E-state index contributed by atoms with van der Waals surface area (Å²) in [5.74, 6) is 0.0415. The summed E-state index contributed by atoms with van der Waals surface area (Å²) in [6.07, 6.45) is 1.34. The quantitative estimate of drug-likeness (QED) is 0.774. The van der Waals surface area contributed by atoms with Crippen molar-refractivity contribution < 1.29 is 4.79 Å². The number of nitrogens with zero attached hydrogens (tertiary/aromatic N) is 1. The fourth-order valence-corrected chi connectivity index (χ4v) is 1.67. The van der Waals surface area contributed by atoms with Crippen molar-refractivity contribution in [1.29, 1.82) is 0 Å². The minimum atomic E-state index is 0.0415. The van der Waals surface area contributed by atoms with E-state index in [0.717, 1.165) is 23.8 Å². The first kappa shape index (κ1) is 11.0. The van der Waals surface area contributed by atoms with Crippen LogP contribution in [0.15, 0.2) is 5.38 Å². The Morgan fingerprint density at radius 1 is 1.64 bits per heavy atom. The minimum Gasteiger partial charge on any atom is -0.365 e. The Morgan fingerprint density at radius 2 is 2.43 bits per heavy atom. The van der Waals surface area contributed by atoms with Crippen molar-refractivity contribution in [2.24, 2.45) is 0 Å². The summed E-state index contributed by atoms with van der Waals surface area (Å²) in [4.78, 5) is 15.5. The number of thiazole rings is 1. The molecule has 1 aromatic rings. The molecule has 0 aliphatic carbocycles. The van der Waals surface area contributed by atoms with Crippen LogP contribution in [-0.2, 0) is 11.2 Å². The number of carbonyl (C=O) groups is 1. The van der Waals surface area contributed by atoms with Crippen LogP contribution in [0.5, 0.6) is 0 Å². The van der Waals surface area contributed by atoms with Crippen molar-refractivity contribution in [3.8, 4) is 0 Å². The fraction of sp³-hybridized carbons (Fsp3) is 0.556. The number of carbonyl (C=O) groups excluding carboxylic acids is 1. The number of aromatic nitrogens is 1. The highest BCUT2D eigenvalue weighted by Gasteiger charge is 2.05. The summed E-state index contributed by atoms with van der Waals surface area (Å²) in [6, 6.07) is 0. The van der Waals surface area contributed by atoms with E-state index in [1.165, 1.54) is 11.3 Å². The molecule has 0 atom stereocenters. The average molecular weight is 213 g/mol. The van der Waals surface area contributed by atoms with Gasteiger partial charge in [-0.1, -0.05) is 6.92 Å². The van der Waals surface area contributed by atoms with Crippen LogP contribution in [0.2, 0.25) is 0 Å². The van der Waals surface area contributed by atoms with Crippen LogP contribution in [0.25, 0.3) is 0 Å². The number of nitrogens with one attached hydrogen (secondary N) is 2. The second-order valence-electron chi connectivity index (χ2n) is 2.92. The molecule has 0 unspecified atom stereocenters. The van der Waals surface area contributed by atoms with Gasteiger partial charge in [0, 0.05) is 19.0 Å².